The predicted molar refractivity (Wildman–Crippen MR) is 144 cm³/mol. The van der Waals surface area contributed by atoms with E-state index in [2.05, 4.69) is 13.8 Å². The van der Waals surface area contributed by atoms with E-state index < -0.39 is 17.9 Å². The van der Waals surface area contributed by atoms with Crippen LogP contribution < -0.4 is 9.47 Å². The Labute approximate surface area is 221 Å². The SMILES string of the molecule is CCCCCCCCOc1ccc(C(=O)Oc2ccc([C@H]3O[C@](C)(CCCCCC)OC3=O)cc2)cc1. The summed E-state index contributed by atoms with van der Waals surface area (Å²) in [5.41, 5.74) is 1.12. The number of benzene rings is 2. The standard InChI is InChI=1S/C31H42O6/c1-4-6-8-10-11-13-23-34-26-18-16-25(17-19-26)29(32)35-27-20-14-24(15-21-27)28-30(33)37-31(3,36-28)22-12-9-7-5-2/h14-21,28H,4-13,22-23H2,1-3H3/t28-,31+/m1/s1. The van der Waals surface area contributed by atoms with Crippen molar-refractivity contribution in [1.29, 1.82) is 0 Å². The lowest BCUT2D eigenvalue weighted by atomic mass is 10.1. The molecule has 2 aromatic carbocycles. The fourth-order valence-electron chi connectivity index (χ4n) is 4.41. The van der Waals surface area contributed by atoms with Crippen molar-refractivity contribution in [3.63, 3.8) is 0 Å². The molecule has 0 N–H and O–H groups in total. The van der Waals surface area contributed by atoms with Crippen LogP contribution >= 0.6 is 0 Å². The average molecular weight is 511 g/mol. The Morgan fingerprint density at radius 2 is 1.41 bits per heavy atom. The molecule has 0 saturated carbocycles. The number of unbranched alkanes of at least 4 members (excludes halogenated alkanes) is 8. The maximum Gasteiger partial charge on any atom is 0.343 e. The van der Waals surface area contributed by atoms with E-state index in [1.807, 2.05) is 6.92 Å². The lowest BCUT2D eigenvalue weighted by molar-refractivity contribution is -0.172. The van der Waals surface area contributed by atoms with Gasteiger partial charge in [-0.25, -0.2) is 9.59 Å². The van der Waals surface area contributed by atoms with Crippen molar-refractivity contribution in [1.82, 2.24) is 0 Å². The van der Waals surface area contributed by atoms with E-state index in [-0.39, 0.29) is 5.97 Å². The van der Waals surface area contributed by atoms with Crippen LogP contribution in [0.15, 0.2) is 48.5 Å². The number of esters is 2. The minimum Gasteiger partial charge on any atom is -0.494 e. The molecule has 3 rings (SSSR count). The van der Waals surface area contributed by atoms with Crippen LogP contribution in [0.4, 0.5) is 0 Å². The molecule has 2 aromatic rings. The van der Waals surface area contributed by atoms with Gasteiger partial charge in [0.2, 0.25) is 5.79 Å². The number of carbonyl (C=O) groups excluding carboxylic acids is 2. The molecule has 0 aromatic heterocycles. The van der Waals surface area contributed by atoms with E-state index in [4.69, 9.17) is 18.9 Å². The van der Waals surface area contributed by atoms with Crippen molar-refractivity contribution < 1.29 is 28.5 Å². The number of carbonyl (C=O) groups is 2. The van der Waals surface area contributed by atoms with Crippen molar-refractivity contribution in [2.45, 2.75) is 103 Å². The van der Waals surface area contributed by atoms with Crippen LogP contribution in [0.5, 0.6) is 11.5 Å². The third kappa shape index (κ3) is 9.19. The third-order valence-electron chi connectivity index (χ3n) is 6.63. The molecule has 1 heterocycles. The largest absolute Gasteiger partial charge is 0.494 e. The quantitative estimate of drug-likeness (QED) is 0.130. The summed E-state index contributed by atoms with van der Waals surface area (Å²) < 4.78 is 22.8. The monoisotopic (exact) mass is 510 g/mol. The second-order valence-corrected chi connectivity index (χ2v) is 9.96. The van der Waals surface area contributed by atoms with Crippen molar-refractivity contribution in [3.8, 4) is 11.5 Å². The zero-order valence-electron chi connectivity index (χ0n) is 22.6. The Bertz CT molecular complexity index is 968. The molecule has 1 fully saturated rings. The molecule has 6 heteroatoms. The molecule has 0 amide bonds. The Kier molecular flexibility index (Phi) is 11.5. The maximum atomic E-state index is 12.6. The van der Waals surface area contributed by atoms with Crippen LogP contribution in [-0.4, -0.2) is 24.3 Å². The van der Waals surface area contributed by atoms with Gasteiger partial charge < -0.3 is 18.9 Å². The molecule has 202 valence electrons. The van der Waals surface area contributed by atoms with E-state index in [0.717, 1.165) is 37.9 Å². The molecule has 0 radical (unpaired) electrons. The van der Waals surface area contributed by atoms with Gasteiger partial charge in [-0.2, -0.15) is 0 Å². The molecule has 0 unspecified atom stereocenters. The molecule has 1 aliphatic heterocycles. The summed E-state index contributed by atoms with van der Waals surface area (Å²) >= 11 is 0. The van der Waals surface area contributed by atoms with Gasteiger partial charge in [-0.05, 0) is 54.8 Å². The summed E-state index contributed by atoms with van der Waals surface area (Å²) in [7, 11) is 0. The molecule has 0 bridgehead atoms. The van der Waals surface area contributed by atoms with Crippen LogP contribution in [0, 0.1) is 0 Å². The highest BCUT2D eigenvalue weighted by atomic mass is 16.8. The van der Waals surface area contributed by atoms with Crippen molar-refractivity contribution in [3.05, 3.63) is 59.7 Å². The lowest BCUT2D eigenvalue weighted by Gasteiger charge is -2.21. The van der Waals surface area contributed by atoms with E-state index in [1.54, 1.807) is 48.5 Å². The van der Waals surface area contributed by atoms with Crippen molar-refractivity contribution >= 4 is 11.9 Å². The third-order valence-corrected chi connectivity index (χ3v) is 6.63. The van der Waals surface area contributed by atoms with Gasteiger partial charge in [-0.1, -0.05) is 77.3 Å². The van der Waals surface area contributed by atoms with Gasteiger partial charge in [-0.15, -0.1) is 0 Å². The first kappa shape index (κ1) is 28.7. The lowest BCUT2D eigenvalue weighted by Crippen LogP contribution is -2.25. The van der Waals surface area contributed by atoms with Crippen molar-refractivity contribution in [2.75, 3.05) is 6.61 Å². The van der Waals surface area contributed by atoms with E-state index in [9.17, 15) is 9.59 Å². The van der Waals surface area contributed by atoms with E-state index in [1.165, 1.54) is 32.1 Å². The smallest absolute Gasteiger partial charge is 0.343 e. The molecule has 2 atom stereocenters. The van der Waals surface area contributed by atoms with Gasteiger partial charge in [-0.3, -0.25) is 0 Å². The number of hydrogen-bond donors (Lipinski definition) is 0. The molecule has 1 aliphatic rings. The molecule has 1 saturated heterocycles. The summed E-state index contributed by atoms with van der Waals surface area (Å²) in [6.45, 7) is 6.87. The Morgan fingerprint density at radius 1 is 0.811 bits per heavy atom. The van der Waals surface area contributed by atoms with Crippen LogP contribution in [0.3, 0.4) is 0 Å². The summed E-state index contributed by atoms with van der Waals surface area (Å²) in [6.07, 6.45) is 11.5. The highest BCUT2D eigenvalue weighted by molar-refractivity contribution is 5.91. The predicted octanol–water partition coefficient (Wildman–Crippen LogP) is 7.95. The van der Waals surface area contributed by atoms with Crippen LogP contribution in [-0.2, 0) is 14.3 Å². The fraction of sp³-hybridized carbons (Fsp3) is 0.548. The average Bonchev–Trinajstić information content (AvgIpc) is 3.21. The molecule has 37 heavy (non-hydrogen) atoms. The number of ether oxygens (including phenoxy) is 4. The first-order valence-corrected chi connectivity index (χ1v) is 13.9. The van der Waals surface area contributed by atoms with Gasteiger partial charge >= 0.3 is 11.9 Å². The summed E-state index contributed by atoms with van der Waals surface area (Å²) in [5.74, 6) is -0.598. The highest BCUT2D eigenvalue weighted by Gasteiger charge is 2.44. The molecule has 6 nitrogen and oxygen atoms in total. The van der Waals surface area contributed by atoms with Gasteiger partial charge in [0, 0.05) is 13.3 Å². The topological polar surface area (TPSA) is 71.1 Å². The highest BCUT2D eigenvalue weighted by Crippen LogP contribution is 2.38. The van der Waals surface area contributed by atoms with E-state index in [0.29, 0.717) is 29.9 Å². The number of rotatable bonds is 16. The van der Waals surface area contributed by atoms with Gasteiger partial charge in [0.05, 0.1) is 12.2 Å². The Hall–Kier alpha value is -2.86. The second kappa shape index (κ2) is 14.8. The summed E-state index contributed by atoms with van der Waals surface area (Å²) in [4.78, 5) is 25.0. The van der Waals surface area contributed by atoms with Crippen LogP contribution in [0.2, 0.25) is 0 Å². The van der Waals surface area contributed by atoms with E-state index >= 15 is 0 Å². The minimum atomic E-state index is -0.898. The number of hydrogen-bond acceptors (Lipinski definition) is 6. The molecule has 0 spiro atoms. The Balaban J connectivity index is 1.45. The van der Waals surface area contributed by atoms with Crippen LogP contribution in [0.25, 0.3) is 0 Å². The molecular formula is C31H42O6. The maximum absolute atomic E-state index is 12.6. The zero-order chi connectivity index (χ0) is 26.5. The first-order valence-electron chi connectivity index (χ1n) is 13.9. The summed E-state index contributed by atoms with van der Waals surface area (Å²) in [5, 5.41) is 0. The first-order chi connectivity index (χ1) is 17.9. The fourth-order valence-corrected chi connectivity index (χ4v) is 4.41. The zero-order valence-corrected chi connectivity index (χ0v) is 22.6. The van der Waals surface area contributed by atoms with Crippen LogP contribution in [0.1, 0.15) is 113 Å². The minimum absolute atomic E-state index is 0.387. The van der Waals surface area contributed by atoms with Crippen molar-refractivity contribution in [2.24, 2.45) is 0 Å². The number of cyclic esters (lactones) is 1. The Morgan fingerprint density at radius 3 is 2.08 bits per heavy atom. The van der Waals surface area contributed by atoms with Gasteiger partial charge in [0.1, 0.15) is 11.5 Å². The normalized spacial score (nSPS) is 19.0. The molecular weight excluding hydrogens is 468 g/mol. The second-order valence-electron chi connectivity index (χ2n) is 9.96. The van der Waals surface area contributed by atoms with Gasteiger partial charge in [0.25, 0.3) is 0 Å². The summed E-state index contributed by atoms with van der Waals surface area (Å²) in [6, 6.07) is 13.8. The molecule has 0 aliphatic carbocycles. The van der Waals surface area contributed by atoms with Gasteiger partial charge in [0.15, 0.2) is 6.10 Å².